The lowest BCUT2D eigenvalue weighted by Crippen LogP contribution is -2.27. The van der Waals surface area contributed by atoms with Gasteiger partial charge in [-0.2, -0.15) is 0 Å². The third kappa shape index (κ3) is 1.92. The third-order valence-electron chi connectivity index (χ3n) is 2.41. The van der Waals surface area contributed by atoms with Crippen LogP contribution in [0.5, 0.6) is 0 Å². The van der Waals surface area contributed by atoms with Gasteiger partial charge in [0.05, 0.1) is 4.91 Å². The maximum absolute atomic E-state index is 12.0. The largest absolute Gasteiger partial charge is 0.357 e. The molecule has 0 saturated carbocycles. The molecule has 84 valence electrons. The molecule has 2 aliphatic heterocycles. The summed E-state index contributed by atoms with van der Waals surface area (Å²) >= 11 is 6.54. The molecule has 2 rings (SSSR count). The highest BCUT2D eigenvalue weighted by Crippen LogP contribution is 2.34. The molecular weight excluding hydrogens is 240 g/mol. The number of thiocarbonyl (C=S) groups is 1. The van der Waals surface area contributed by atoms with E-state index in [4.69, 9.17) is 12.2 Å². The van der Waals surface area contributed by atoms with Crippen LogP contribution in [-0.4, -0.2) is 33.6 Å². The number of carbonyl (C=O) groups is 1. The van der Waals surface area contributed by atoms with Crippen molar-refractivity contribution in [3.8, 4) is 0 Å². The monoisotopic (exact) mass is 252 g/mol. The van der Waals surface area contributed by atoms with Crippen molar-refractivity contribution in [3.05, 3.63) is 35.0 Å². The van der Waals surface area contributed by atoms with E-state index in [0.29, 0.717) is 10.9 Å². The predicted molar refractivity (Wildman–Crippen MR) is 70.6 cm³/mol. The van der Waals surface area contributed by atoms with Crippen molar-refractivity contribution < 1.29 is 4.79 Å². The average Bonchev–Trinajstić information content (AvgIpc) is 2.55. The number of amides is 1. The van der Waals surface area contributed by atoms with Gasteiger partial charge in [0, 0.05) is 26.0 Å². The van der Waals surface area contributed by atoms with Crippen molar-refractivity contribution in [2.24, 2.45) is 0 Å². The van der Waals surface area contributed by atoms with Gasteiger partial charge in [0.1, 0.15) is 4.32 Å². The molecule has 16 heavy (non-hydrogen) atoms. The first-order chi connectivity index (χ1) is 7.63. The van der Waals surface area contributed by atoms with Crippen molar-refractivity contribution in [1.82, 2.24) is 9.80 Å². The fraction of sp³-hybridized carbons (Fsp3) is 0.273. The molecule has 0 N–H and O–H groups in total. The maximum Gasteiger partial charge on any atom is 0.266 e. The van der Waals surface area contributed by atoms with Crippen LogP contribution in [0, 0.1) is 0 Å². The number of hydrogen-bond acceptors (Lipinski definition) is 4. The van der Waals surface area contributed by atoms with Gasteiger partial charge in [-0.1, -0.05) is 24.0 Å². The zero-order valence-electron chi connectivity index (χ0n) is 9.14. The molecule has 0 aromatic heterocycles. The molecule has 3 nitrogen and oxygen atoms in total. The van der Waals surface area contributed by atoms with Crippen molar-refractivity contribution in [1.29, 1.82) is 0 Å². The van der Waals surface area contributed by atoms with Gasteiger partial charge >= 0.3 is 0 Å². The fourth-order valence-electron chi connectivity index (χ4n) is 1.50. The van der Waals surface area contributed by atoms with Crippen LogP contribution in [0.15, 0.2) is 35.0 Å². The molecule has 2 aliphatic rings. The van der Waals surface area contributed by atoms with E-state index in [-0.39, 0.29) is 5.91 Å². The van der Waals surface area contributed by atoms with Crippen LogP contribution < -0.4 is 0 Å². The van der Waals surface area contributed by atoms with Crippen molar-refractivity contribution in [2.75, 3.05) is 13.6 Å². The van der Waals surface area contributed by atoms with Gasteiger partial charge in [-0.25, -0.2) is 0 Å². The molecule has 5 heteroatoms. The van der Waals surface area contributed by atoms with Gasteiger partial charge in [0.25, 0.3) is 5.91 Å². The van der Waals surface area contributed by atoms with E-state index in [0.717, 1.165) is 10.5 Å². The number of thioether (sulfide) groups is 1. The first-order valence-corrected chi connectivity index (χ1v) is 6.22. The topological polar surface area (TPSA) is 23.6 Å². The summed E-state index contributed by atoms with van der Waals surface area (Å²) in [6.45, 7) is 2.56. The Bertz CT molecular complexity index is 421. The Balaban J connectivity index is 2.33. The smallest absolute Gasteiger partial charge is 0.266 e. The van der Waals surface area contributed by atoms with E-state index in [9.17, 15) is 4.79 Å². The van der Waals surface area contributed by atoms with Crippen LogP contribution >= 0.6 is 24.0 Å². The van der Waals surface area contributed by atoms with Gasteiger partial charge in [-0.15, -0.1) is 0 Å². The lowest BCUT2D eigenvalue weighted by atomic mass is 10.2. The van der Waals surface area contributed by atoms with E-state index in [1.807, 2.05) is 43.4 Å². The molecule has 0 radical (unpaired) electrons. The number of hydrogen-bond donors (Lipinski definition) is 0. The fourth-order valence-corrected chi connectivity index (χ4v) is 2.91. The number of carbonyl (C=O) groups excluding carboxylic acids is 1. The second-order valence-electron chi connectivity index (χ2n) is 3.50. The molecule has 0 atom stereocenters. The van der Waals surface area contributed by atoms with Crippen molar-refractivity contribution in [3.63, 3.8) is 0 Å². The van der Waals surface area contributed by atoms with Crippen molar-refractivity contribution >= 4 is 34.2 Å². The average molecular weight is 252 g/mol. The van der Waals surface area contributed by atoms with E-state index < -0.39 is 0 Å². The first-order valence-electron chi connectivity index (χ1n) is 4.99. The van der Waals surface area contributed by atoms with E-state index >= 15 is 0 Å². The molecular formula is C11H12N2OS2. The molecule has 1 amide bonds. The highest BCUT2D eigenvalue weighted by molar-refractivity contribution is 8.26. The quantitative estimate of drug-likeness (QED) is 0.527. The van der Waals surface area contributed by atoms with Crippen LogP contribution in [0.25, 0.3) is 0 Å². The highest BCUT2D eigenvalue weighted by Gasteiger charge is 2.32. The van der Waals surface area contributed by atoms with Crippen LogP contribution in [0.2, 0.25) is 0 Å². The standard InChI is InChI=1S/C11H12N2OS2/c1-3-13-10(14)9(16-11(13)15)8-4-6-12(2)7-5-8/h4-7H,3H2,1-2H3. The van der Waals surface area contributed by atoms with E-state index in [1.165, 1.54) is 11.8 Å². The lowest BCUT2D eigenvalue weighted by Gasteiger charge is -2.13. The Labute approximate surface area is 104 Å². The summed E-state index contributed by atoms with van der Waals surface area (Å²) in [7, 11) is 1.95. The summed E-state index contributed by atoms with van der Waals surface area (Å²) in [6, 6.07) is 0. The number of allylic oxidation sites excluding steroid dienone is 3. The van der Waals surface area contributed by atoms with Crippen LogP contribution in [0.1, 0.15) is 6.92 Å². The SMILES string of the molecule is CCN1C(=O)C(=C2C=CN(C)C=C2)SC1=S. The number of rotatable bonds is 1. The minimum atomic E-state index is 0.0198. The molecule has 1 saturated heterocycles. The molecule has 0 aromatic carbocycles. The third-order valence-corrected chi connectivity index (χ3v) is 3.89. The molecule has 2 heterocycles. The molecule has 0 spiro atoms. The Kier molecular flexibility index (Phi) is 3.16. The van der Waals surface area contributed by atoms with E-state index in [2.05, 4.69) is 0 Å². The summed E-state index contributed by atoms with van der Waals surface area (Å²) in [4.78, 5) is 16.3. The van der Waals surface area contributed by atoms with Gasteiger partial charge in [-0.3, -0.25) is 9.69 Å². The van der Waals surface area contributed by atoms with Gasteiger partial charge in [-0.05, 0) is 24.6 Å². The predicted octanol–water partition coefficient (Wildman–Crippen LogP) is 2.09. The first kappa shape index (κ1) is 11.4. The Morgan fingerprint density at radius 2 is 2.00 bits per heavy atom. The summed E-state index contributed by atoms with van der Waals surface area (Å²) in [6.07, 6.45) is 7.71. The van der Waals surface area contributed by atoms with Crippen LogP contribution in [0.3, 0.4) is 0 Å². The normalized spacial score (nSPS) is 20.4. The molecule has 0 aliphatic carbocycles. The van der Waals surface area contributed by atoms with Crippen LogP contribution in [-0.2, 0) is 4.79 Å². The van der Waals surface area contributed by atoms with Crippen molar-refractivity contribution in [2.45, 2.75) is 6.92 Å². The second-order valence-corrected chi connectivity index (χ2v) is 5.14. The zero-order chi connectivity index (χ0) is 11.7. The lowest BCUT2D eigenvalue weighted by molar-refractivity contribution is -0.122. The Morgan fingerprint density at radius 3 is 2.50 bits per heavy atom. The van der Waals surface area contributed by atoms with Crippen LogP contribution in [0.4, 0.5) is 0 Å². The minimum Gasteiger partial charge on any atom is -0.357 e. The number of likely N-dealkylation sites (N-methyl/N-ethyl adjacent to an activating group) is 1. The maximum atomic E-state index is 12.0. The van der Waals surface area contributed by atoms with E-state index in [1.54, 1.807) is 4.90 Å². The van der Waals surface area contributed by atoms with Gasteiger partial charge in [0.15, 0.2) is 0 Å². The summed E-state index contributed by atoms with van der Waals surface area (Å²) in [5, 5.41) is 0. The summed E-state index contributed by atoms with van der Waals surface area (Å²) in [5.41, 5.74) is 0.936. The summed E-state index contributed by atoms with van der Waals surface area (Å²) < 4.78 is 0.649. The minimum absolute atomic E-state index is 0.0198. The zero-order valence-corrected chi connectivity index (χ0v) is 10.8. The molecule has 0 unspecified atom stereocenters. The Morgan fingerprint density at radius 1 is 1.38 bits per heavy atom. The molecule has 0 aromatic rings. The molecule has 1 fully saturated rings. The van der Waals surface area contributed by atoms with Gasteiger partial charge in [0.2, 0.25) is 0 Å². The Hall–Kier alpha value is -1.07. The molecule has 0 bridgehead atoms. The van der Waals surface area contributed by atoms with Gasteiger partial charge < -0.3 is 4.90 Å². The second kappa shape index (κ2) is 4.43. The highest BCUT2D eigenvalue weighted by atomic mass is 32.2. The number of nitrogens with zero attached hydrogens (tertiary/aromatic N) is 2. The summed E-state index contributed by atoms with van der Waals surface area (Å²) in [5.74, 6) is 0.0198.